The predicted octanol–water partition coefficient (Wildman–Crippen LogP) is 3.38. The zero-order valence-electron chi connectivity index (χ0n) is 8.59. The lowest BCUT2D eigenvalue weighted by atomic mass is 9.50. The summed E-state index contributed by atoms with van der Waals surface area (Å²) in [4.78, 5) is 12.0. The van der Waals surface area contributed by atoms with E-state index < -0.39 is 0 Å². The van der Waals surface area contributed by atoms with Crippen molar-refractivity contribution in [2.45, 2.75) is 24.8 Å². The summed E-state index contributed by atoms with van der Waals surface area (Å²) >= 11 is 9.20. The molecule has 0 radical (unpaired) electrons. The van der Waals surface area contributed by atoms with Gasteiger partial charge in [0.1, 0.15) is 0 Å². The first-order chi connectivity index (χ1) is 7.58. The molecule has 0 aromatic heterocycles. The monoisotopic (exact) mass is 299 g/mol. The predicted molar refractivity (Wildman–Crippen MR) is 66.7 cm³/mol. The fourth-order valence-corrected chi connectivity index (χ4v) is 3.48. The standard InChI is InChI=1S/C12H11BrClNO/c13-10-3-8(14)1-2-9(10)11(16)15-12-4-7(5-12)6-12/h1-3,7H,4-6H2,(H,15,16). The Morgan fingerprint density at radius 2 is 2.12 bits per heavy atom. The molecule has 0 unspecified atom stereocenters. The minimum absolute atomic E-state index is 0.00157. The highest BCUT2D eigenvalue weighted by molar-refractivity contribution is 9.10. The Morgan fingerprint density at radius 1 is 1.44 bits per heavy atom. The SMILES string of the molecule is O=C(NC12CC(C1)C2)c1ccc(Cl)cc1Br. The van der Waals surface area contributed by atoms with Gasteiger partial charge in [-0.2, -0.15) is 0 Å². The first kappa shape index (κ1) is 10.6. The molecule has 3 aliphatic carbocycles. The van der Waals surface area contributed by atoms with E-state index in [1.165, 1.54) is 0 Å². The Bertz CT molecular complexity index is 457. The van der Waals surface area contributed by atoms with Gasteiger partial charge in [0.15, 0.2) is 0 Å². The fourth-order valence-electron chi connectivity index (χ4n) is 2.61. The van der Waals surface area contributed by atoms with Gasteiger partial charge < -0.3 is 5.32 Å². The van der Waals surface area contributed by atoms with E-state index in [4.69, 9.17) is 11.6 Å². The number of rotatable bonds is 2. The molecule has 0 spiro atoms. The van der Waals surface area contributed by atoms with Gasteiger partial charge in [-0.15, -0.1) is 0 Å². The lowest BCUT2D eigenvalue weighted by Gasteiger charge is -2.61. The lowest BCUT2D eigenvalue weighted by Crippen LogP contribution is -2.68. The highest BCUT2D eigenvalue weighted by Crippen LogP contribution is 2.57. The summed E-state index contributed by atoms with van der Waals surface area (Å²) in [6.45, 7) is 0. The van der Waals surface area contributed by atoms with Crippen molar-refractivity contribution in [2.75, 3.05) is 0 Å². The second-order valence-electron chi connectivity index (χ2n) is 4.84. The van der Waals surface area contributed by atoms with E-state index in [1.54, 1.807) is 18.2 Å². The average Bonchev–Trinajstić information content (AvgIpc) is 2.09. The van der Waals surface area contributed by atoms with Crippen LogP contribution in [0.15, 0.2) is 22.7 Å². The number of hydrogen-bond donors (Lipinski definition) is 1. The van der Waals surface area contributed by atoms with Gasteiger partial charge in [-0.1, -0.05) is 11.6 Å². The molecule has 1 aromatic carbocycles. The molecule has 2 bridgehead atoms. The molecule has 0 atom stereocenters. The largest absolute Gasteiger partial charge is 0.347 e. The van der Waals surface area contributed by atoms with Crippen molar-refractivity contribution in [2.24, 2.45) is 5.92 Å². The molecule has 84 valence electrons. The molecule has 4 rings (SSSR count). The van der Waals surface area contributed by atoms with Crippen LogP contribution in [0.5, 0.6) is 0 Å². The van der Waals surface area contributed by atoms with Gasteiger partial charge in [0.2, 0.25) is 0 Å². The van der Waals surface area contributed by atoms with Gasteiger partial charge >= 0.3 is 0 Å². The van der Waals surface area contributed by atoms with Gasteiger partial charge in [-0.05, 0) is 59.3 Å². The number of carbonyl (C=O) groups excluding carboxylic acids is 1. The van der Waals surface area contributed by atoms with E-state index in [2.05, 4.69) is 21.2 Å². The second kappa shape index (κ2) is 3.47. The summed E-state index contributed by atoms with van der Waals surface area (Å²) in [6.07, 6.45) is 3.47. The molecular weight excluding hydrogens is 289 g/mol. The van der Waals surface area contributed by atoms with Gasteiger partial charge in [0.25, 0.3) is 5.91 Å². The van der Waals surface area contributed by atoms with Crippen LogP contribution < -0.4 is 5.32 Å². The molecule has 4 heteroatoms. The maximum Gasteiger partial charge on any atom is 0.252 e. The highest BCUT2D eigenvalue weighted by atomic mass is 79.9. The van der Waals surface area contributed by atoms with Gasteiger partial charge in [-0.3, -0.25) is 4.79 Å². The first-order valence-corrected chi connectivity index (χ1v) is 6.53. The van der Waals surface area contributed by atoms with Crippen LogP contribution in [0.3, 0.4) is 0 Å². The summed E-state index contributed by atoms with van der Waals surface area (Å²) < 4.78 is 0.754. The van der Waals surface area contributed by atoms with Gasteiger partial charge in [-0.25, -0.2) is 0 Å². The van der Waals surface area contributed by atoms with Crippen LogP contribution in [0.25, 0.3) is 0 Å². The summed E-state index contributed by atoms with van der Waals surface area (Å²) in [5.74, 6) is 0.871. The van der Waals surface area contributed by atoms with Crippen LogP contribution in [-0.2, 0) is 0 Å². The Morgan fingerprint density at radius 3 is 2.62 bits per heavy atom. The fraction of sp³-hybridized carbons (Fsp3) is 0.417. The smallest absolute Gasteiger partial charge is 0.252 e. The third-order valence-electron chi connectivity index (χ3n) is 3.59. The van der Waals surface area contributed by atoms with E-state index in [0.29, 0.717) is 10.6 Å². The number of amides is 1. The molecule has 1 aromatic rings. The van der Waals surface area contributed by atoms with E-state index in [-0.39, 0.29) is 11.4 Å². The first-order valence-electron chi connectivity index (χ1n) is 5.36. The van der Waals surface area contributed by atoms with Crippen LogP contribution in [0, 0.1) is 5.92 Å². The van der Waals surface area contributed by atoms with Gasteiger partial charge in [0, 0.05) is 15.0 Å². The maximum atomic E-state index is 12.0. The molecule has 1 N–H and O–H groups in total. The Balaban J connectivity index is 1.78. The number of halogens is 2. The summed E-state index contributed by atoms with van der Waals surface area (Å²) in [5.41, 5.74) is 0.787. The lowest BCUT2D eigenvalue weighted by molar-refractivity contribution is -0.0438. The molecular formula is C12H11BrClNO. The average molecular weight is 301 g/mol. The van der Waals surface area contributed by atoms with Crippen molar-refractivity contribution in [3.05, 3.63) is 33.3 Å². The molecule has 3 aliphatic rings. The Kier molecular flexibility index (Phi) is 2.30. The molecule has 2 nitrogen and oxygen atoms in total. The number of hydrogen-bond acceptors (Lipinski definition) is 1. The van der Waals surface area contributed by atoms with Gasteiger partial charge in [0.05, 0.1) is 5.56 Å². The molecule has 0 saturated heterocycles. The van der Waals surface area contributed by atoms with Crippen molar-refractivity contribution in [3.8, 4) is 0 Å². The highest BCUT2D eigenvalue weighted by Gasteiger charge is 2.57. The van der Waals surface area contributed by atoms with Crippen molar-refractivity contribution in [1.82, 2.24) is 5.32 Å². The van der Waals surface area contributed by atoms with E-state index in [9.17, 15) is 4.79 Å². The summed E-state index contributed by atoms with van der Waals surface area (Å²) in [6, 6.07) is 5.24. The minimum Gasteiger partial charge on any atom is -0.347 e. The quantitative estimate of drug-likeness (QED) is 0.891. The molecule has 0 aliphatic heterocycles. The van der Waals surface area contributed by atoms with E-state index in [1.807, 2.05) is 0 Å². The number of benzene rings is 1. The molecule has 1 amide bonds. The van der Waals surface area contributed by atoms with Crippen molar-refractivity contribution in [1.29, 1.82) is 0 Å². The van der Waals surface area contributed by atoms with Crippen molar-refractivity contribution < 1.29 is 4.79 Å². The zero-order chi connectivity index (χ0) is 11.3. The van der Waals surface area contributed by atoms with Crippen LogP contribution in [0.2, 0.25) is 5.02 Å². The maximum absolute atomic E-state index is 12.0. The third kappa shape index (κ3) is 1.57. The Hall–Kier alpha value is -0.540. The molecule has 3 saturated carbocycles. The van der Waals surface area contributed by atoms with Crippen molar-refractivity contribution >= 4 is 33.4 Å². The Labute approximate surface area is 107 Å². The van der Waals surface area contributed by atoms with Crippen LogP contribution in [0.4, 0.5) is 0 Å². The topological polar surface area (TPSA) is 29.1 Å². The summed E-state index contributed by atoms with van der Waals surface area (Å²) in [7, 11) is 0. The molecule has 3 fully saturated rings. The number of nitrogens with one attached hydrogen (secondary N) is 1. The number of carbonyl (C=O) groups is 1. The minimum atomic E-state index is 0.00157. The van der Waals surface area contributed by atoms with E-state index >= 15 is 0 Å². The summed E-state index contributed by atoms with van der Waals surface area (Å²) in [5, 5.41) is 3.76. The van der Waals surface area contributed by atoms with Crippen LogP contribution in [-0.4, -0.2) is 11.4 Å². The molecule has 16 heavy (non-hydrogen) atoms. The normalized spacial score (nSPS) is 30.2. The van der Waals surface area contributed by atoms with Crippen molar-refractivity contribution in [3.63, 3.8) is 0 Å². The van der Waals surface area contributed by atoms with Crippen LogP contribution in [0.1, 0.15) is 29.6 Å². The van der Waals surface area contributed by atoms with Crippen LogP contribution >= 0.6 is 27.5 Å². The zero-order valence-corrected chi connectivity index (χ0v) is 10.9. The molecule has 0 heterocycles. The van der Waals surface area contributed by atoms with E-state index in [0.717, 1.165) is 29.7 Å². The third-order valence-corrected chi connectivity index (χ3v) is 4.48. The second-order valence-corrected chi connectivity index (χ2v) is 6.13.